The molecule has 0 aliphatic heterocycles. The summed E-state index contributed by atoms with van der Waals surface area (Å²) < 4.78 is 0. The van der Waals surface area contributed by atoms with Crippen LogP contribution in [0.4, 0.5) is 0 Å². The number of hydrogen-bond donors (Lipinski definition) is 2. The van der Waals surface area contributed by atoms with Gasteiger partial charge >= 0.3 is 0 Å². The minimum atomic E-state index is -0.306. The Kier molecular flexibility index (Phi) is 11.0. The molecule has 0 saturated heterocycles. The lowest BCUT2D eigenvalue weighted by atomic mass is 9.88. The molecule has 1 unspecified atom stereocenters. The Bertz CT molecular complexity index is 161. The third-order valence-electron chi connectivity index (χ3n) is 3.62. The van der Waals surface area contributed by atoms with E-state index in [1.165, 1.54) is 57.8 Å². The van der Waals surface area contributed by atoms with Gasteiger partial charge in [0.2, 0.25) is 0 Å². The van der Waals surface area contributed by atoms with Crippen LogP contribution < -0.4 is 5.73 Å². The molecule has 1 atom stereocenters. The molecule has 0 aliphatic carbocycles. The van der Waals surface area contributed by atoms with Crippen molar-refractivity contribution in [2.45, 2.75) is 90.0 Å². The van der Waals surface area contributed by atoms with Crippen LogP contribution in [0.25, 0.3) is 0 Å². The van der Waals surface area contributed by atoms with E-state index in [-0.39, 0.29) is 12.1 Å². The Balaban J connectivity index is 3.61. The number of aliphatic hydroxyl groups excluding tert-OH is 1. The molecule has 17 heavy (non-hydrogen) atoms. The van der Waals surface area contributed by atoms with Crippen LogP contribution in [-0.4, -0.2) is 17.3 Å². The van der Waals surface area contributed by atoms with Gasteiger partial charge < -0.3 is 10.8 Å². The molecular weight excluding hydrogens is 210 g/mol. The first-order chi connectivity index (χ1) is 8.18. The van der Waals surface area contributed by atoms with Crippen molar-refractivity contribution >= 4 is 0 Å². The van der Waals surface area contributed by atoms with Crippen LogP contribution in [0, 0.1) is 0 Å². The summed E-state index contributed by atoms with van der Waals surface area (Å²) in [6.07, 6.45) is 13.3. The van der Waals surface area contributed by atoms with Gasteiger partial charge in [-0.1, -0.05) is 71.6 Å². The molecule has 0 heterocycles. The predicted octanol–water partition coefficient (Wildman–Crippen LogP) is 4.01. The number of aliphatic hydroxyl groups is 1. The smallest absolute Gasteiger partial charge is 0.0611 e. The topological polar surface area (TPSA) is 46.2 Å². The SMILES string of the molecule is CCCCCCCC(N)(CO)CCCCCC. The van der Waals surface area contributed by atoms with Crippen LogP contribution in [-0.2, 0) is 0 Å². The summed E-state index contributed by atoms with van der Waals surface area (Å²) in [5, 5.41) is 9.42. The van der Waals surface area contributed by atoms with Crippen molar-refractivity contribution in [2.75, 3.05) is 6.61 Å². The van der Waals surface area contributed by atoms with Crippen molar-refractivity contribution in [2.24, 2.45) is 5.73 Å². The highest BCUT2D eigenvalue weighted by molar-refractivity contribution is 4.83. The van der Waals surface area contributed by atoms with Gasteiger partial charge in [-0.3, -0.25) is 0 Å². The largest absolute Gasteiger partial charge is 0.394 e. The lowest BCUT2D eigenvalue weighted by Crippen LogP contribution is -2.43. The lowest BCUT2D eigenvalue weighted by Gasteiger charge is -2.27. The van der Waals surface area contributed by atoms with Gasteiger partial charge in [0.15, 0.2) is 0 Å². The number of unbranched alkanes of at least 4 members (excludes halogenated alkanes) is 7. The first kappa shape index (κ1) is 16.9. The monoisotopic (exact) mass is 243 g/mol. The first-order valence-corrected chi connectivity index (χ1v) is 7.58. The quantitative estimate of drug-likeness (QED) is 0.509. The van der Waals surface area contributed by atoms with Gasteiger partial charge in [-0.05, 0) is 12.8 Å². The minimum Gasteiger partial charge on any atom is -0.394 e. The van der Waals surface area contributed by atoms with Crippen LogP contribution in [0.5, 0.6) is 0 Å². The summed E-state index contributed by atoms with van der Waals surface area (Å²) in [5.41, 5.74) is 5.94. The molecule has 0 aliphatic rings. The predicted molar refractivity (Wildman–Crippen MR) is 76.1 cm³/mol. The van der Waals surface area contributed by atoms with Crippen molar-refractivity contribution in [3.63, 3.8) is 0 Å². The van der Waals surface area contributed by atoms with Crippen LogP contribution in [0.3, 0.4) is 0 Å². The average molecular weight is 243 g/mol. The van der Waals surface area contributed by atoms with Gasteiger partial charge in [-0.25, -0.2) is 0 Å². The van der Waals surface area contributed by atoms with E-state index < -0.39 is 0 Å². The second-order valence-electron chi connectivity index (χ2n) is 5.50. The van der Waals surface area contributed by atoms with Gasteiger partial charge in [-0.15, -0.1) is 0 Å². The van der Waals surface area contributed by atoms with Gasteiger partial charge in [-0.2, -0.15) is 0 Å². The molecule has 0 radical (unpaired) electrons. The molecule has 0 aromatic carbocycles. The first-order valence-electron chi connectivity index (χ1n) is 7.58. The summed E-state index contributed by atoms with van der Waals surface area (Å²) in [6, 6.07) is 0. The van der Waals surface area contributed by atoms with Crippen LogP contribution in [0.2, 0.25) is 0 Å². The second kappa shape index (κ2) is 11.0. The summed E-state index contributed by atoms with van der Waals surface area (Å²) in [5.74, 6) is 0. The van der Waals surface area contributed by atoms with E-state index in [1.54, 1.807) is 0 Å². The second-order valence-corrected chi connectivity index (χ2v) is 5.50. The van der Waals surface area contributed by atoms with E-state index in [0.29, 0.717) is 0 Å². The molecule has 0 spiro atoms. The fourth-order valence-electron chi connectivity index (χ4n) is 2.27. The molecule has 2 heteroatoms. The third-order valence-corrected chi connectivity index (χ3v) is 3.62. The van der Waals surface area contributed by atoms with Crippen molar-refractivity contribution in [1.29, 1.82) is 0 Å². The Morgan fingerprint density at radius 3 is 1.59 bits per heavy atom. The van der Waals surface area contributed by atoms with E-state index in [9.17, 15) is 5.11 Å². The number of nitrogens with two attached hydrogens (primary N) is 1. The highest BCUT2D eigenvalue weighted by atomic mass is 16.3. The van der Waals surface area contributed by atoms with Crippen LogP contribution >= 0.6 is 0 Å². The normalized spacial score (nSPS) is 14.8. The molecule has 0 saturated carbocycles. The Hall–Kier alpha value is -0.0800. The highest BCUT2D eigenvalue weighted by Gasteiger charge is 2.22. The highest BCUT2D eigenvalue weighted by Crippen LogP contribution is 2.20. The fourth-order valence-corrected chi connectivity index (χ4v) is 2.27. The molecule has 3 N–H and O–H groups in total. The molecule has 0 fully saturated rings. The third kappa shape index (κ3) is 9.61. The average Bonchev–Trinajstić information content (AvgIpc) is 2.34. The Labute approximate surface area is 108 Å². The van der Waals surface area contributed by atoms with E-state index in [2.05, 4.69) is 13.8 Å². The van der Waals surface area contributed by atoms with E-state index >= 15 is 0 Å². The maximum Gasteiger partial charge on any atom is 0.0611 e. The summed E-state index contributed by atoms with van der Waals surface area (Å²) in [6.45, 7) is 4.59. The molecule has 0 rings (SSSR count). The Morgan fingerprint density at radius 1 is 0.765 bits per heavy atom. The zero-order chi connectivity index (χ0) is 13.0. The van der Waals surface area contributed by atoms with Crippen molar-refractivity contribution in [3.8, 4) is 0 Å². The van der Waals surface area contributed by atoms with E-state index in [0.717, 1.165) is 12.8 Å². The molecule has 0 bridgehead atoms. The zero-order valence-electron chi connectivity index (χ0n) is 12.0. The summed E-state index contributed by atoms with van der Waals surface area (Å²) >= 11 is 0. The maximum absolute atomic E-state index is 9.42. The van der Waals surface area contributed by atoms with Gasteiger partial charge in [0.1, 0.15) is 0 Å². The maximum atomic E-state index is 9.42. The molecule has 0 aromatic heterocycles. The van der Waals surface area contributed by atoms with Gasteiger partial charge in [0.05, 0.1) is 6.61 Å². The summed E-state index contributed by atoms with van der Waals surface area (Å²) in [7, 11) is 0. The lowest BCUT2D eigenvalue weighted by molar-refractivity contribution is 0.171. The molecule has 2 nitrogen and oxygen atoms in total. The van der Waals surface area contributed by atoms with Crippen LogP contribution in [0.1, 0.15) is 84.5 Å². The fraction of sp³-hybridized carbons (Fsp3) is 1.00. The van der Waals surface area contributed by atoms with E-state index in [1.807, 2.05) is 0 Å². The van der Waals surface area contributed by atoms with Gasteiger partial charge in [0.25, 0.3) is 0 Å². The molecule has 0 aromatic rings. The standard InChI is InChI=1S/C15H33NO/c1-3-5-7-9-11-13-15(16,14-17)12-10-8-6-4-2/h17H,3-14,16H2,1-2H3. The number of rotatable bonds is 12. The van der Waals surface area contributed by atoms with E-state index in [4.69, 9.17) is 5.73 Å². The zero-order valence-corrected chi connectivity index (χ0v) is 12.0. The Morgan fingerprint density at radius 2 is 1.18 bits per heavy atom. The molecule has 0 amide bonds. The van der Waals surface area contributed by atoms with Crippen LogP contribution in [0.15, 0.2) is 0 Å². The summed E-state index contributed by atoms with van der Waals surface area (Å²) in [4.78, 5) is 0. The van der Waals surface area contributed by atoms with Crippen molar-refractivity contribution in [1.82, 2.24) is 0 Å². The van der Waals surface area contributed by atoms with Gasteiger partial charge in [0, 0.05) is 5.54 Å². The van der Waals surface area contributed by atoms with Crippen molar-refractivity contribution < 1.29 is 5.11 Å². The minimum absolute atomic E-state index is 0.146. The molecule has 104 valence electrons. The number of hydrogen-bond acceptors (Lipinski definition) is 2. The molecular formula is C15H33NO. The van der Waals surface area contributed by atoms with Crippen molar-refractivity contribution in [3.05, 3.63) is 0 Å².